The van der Waals surface area contributed by atoms with Crippen LogP contribution in [0.15, 0.2) is 24.3 Å². The first-order valence-electron chi connectivity index (χ1n) is 6.14. The Balaban J connectivity index is 2.35. The Morgan fingerprint density at radius 1 is 1.45 bits per heavy atom. The van der Waals surface area contributed by atoms with Gasteiger partial charge in [0.1, 0.15) is 25.4 Å². The summed E-state index contributed by atoms with van der Waals surface area (Å²) in [5.41, 5.74) is 0. The highest BCUT2D eigenvalue weighted by Crippen LogP contribution is 2.15. The molecule has 0 aromatic heterocycles. The molecular weight excluding hydrogens is 268 g/mol. The van der Waals surface area contributed by atoms with Crippen molar-refractivity contribution in [2.45, 2.75) is 25.2 Å². The fourth-order valence-electron chi connectivity index (χ4n) is 1.54. The fraction of sp³-hybridized carbons (Fsp3) is 0.538. The van der Waals surface area contributed by atoms with E-state index in [1.54, 1.807) is 13.0 Å². The molecule has 7 heteroatoms. The summed E-state index contributed by atoms with van der Waals surface area (Å²) in [4.78, 5) is 22.2. The Labute approximate surface area is 116 Å². The summed E-state index contributed by atoms with van der Waals surface area (Å²) in [6, 6.07) is 0. The van der Waals surface area contributed by atoms with Crippen LogP contribution in [0.5, 0.6) is 0 Å². The van der Waals surface area contributed by atoms with Crippen molar-refractivity contribution >= 4 is 11.9 Å². The molecule has 3 N–H and O–H groups in total. The van der Waals surface area contributed by atoms with Crippen LogP contribution < -0.4 is 0 Å². The first kappa shape index (κ1) is 16.4. The normalized spacial score (nSPS) is 25.9. The van der Waals surface area contributed by atoms with Crippen LogP contribution in [0.1, 0.15) is 6.92 Å². The van der Waals surface area contributed by atoms with E-state index in [1.807, 2.05) is 0 Å². The van der Waals surface area contributed by atoms with E-state index in [9.17, 15) is 24.9 Å². The summed E-state index contributed by atoms with van der Waals surface area (Å²) in [5, 5.41) is 28.2. The van der Waals surface area contributed by atoms with Gasteiger partial charge in [0.25, 0.3) is 0 Å². The number of esters is 2. The minimum atomic E-state index is -1.28. The molecule has 1 heterocycles. The van der Waals surface area contributed by atoms with Gasteiger partial charge in [-0.25, -0.2) is 9.59 Å². The molecule has 1 rings (SSSR count). The van der Waals surface area contributed by atoms with E-state index in [0.717, 1.165) is 12.2 Å². The fourth-order valence-corrected chi connectivity index (χ4v) is 1.54. The highest BCUT2D eigenvalue weighted by Gasteiger charge is 2.35. The number of hydrogen-bond acceptors (Lipinski definition) is 7. The largest absolute Gasteiger partial charge is 0.463 e. The Hall–Kier alpha value is -1.70. The molecule has 0 unspecified atom stereocenters. The second-order valence-electron chi connectivity index (χ2n) is 4.33. The van der Waals surface area contributed by atoms with Crippen LogP contribution in [0, 0.1) is 5.92 Å². The molecule has 1 saturated heterocycles. The number of hydrogen-bond donors (Lipinski definition) is 3. The van der Waals surface area contributed by atoms with Gasteiger partial charge in [0, 0.05) is 6.08 Å². The maximum absolute atomic E-state index is 11.3. The predicted octanol–water partition coefficient (Wildman–Crippen LogP) is -1.08. The van der Waals surface area contributed by atoms with Gasteiger partial charge in [-0.2, -0.15) is 0 Å². The van der Waals surface area contributed by atoms with Gasteiger partial charge < -0.3 is 24.8 Å². The number of aliphatic hydroxyl groups is 3. The van der Waals surface area contributed by atoms with Gasteiger partial charge in [0.15, 0.2) is 6.10 Å². The monoisotopic (exact) mass is 286 g/mol. The number of rotatable bonds is 6. The molecule has 0 bridgehead atoms. The number of allylic oxidation sites excluding steroid dienone is 1. The Morgan fingerprint density at radius 3 is 2.65 bits per heavy atom. The summed E-state index contributed by atoms with van der Waals surface area (Å²) in [6.07, 6.45) is 1.40. The van der Waals surface area contributed by atoms with Gasteiger partial charge in [-0.05, 0) is 13.0 Å². The minimum absolute atomic E-state index is 0.000369. The van der Waals surface area contributed by atoms with Crippen LogP contribution in [-0.2, 0) is 19.1 Å². The molecule has 20 heavy (non-hydrogen) atoms. The van der Waals surface area contributed by atoms with E-state index in [1.165, 1.54) is 6.08 Å². The van der Waals surface area contributed by atoms with E-state index >= 15 is 0 Å². The number of aliphatic hydroxyl groups excluding tert-OH is 3. The van der Waals surface area contributed by atoms with E-state index in [2.05, 4.69) is 4.74 Å². The van der Waals surface area contributed by atoms with Gasteiger partial charge >= 0.3 is 11.9 Å². The zero-order valence-electron chi connectivity index (χ0n) is 11.0. The lowest BCUT2D eigenvalue weighted by Gasteiger charge is -2.11. The van der Waals surface area contributed by atoms with Gasteiger partial charge in [0.2, 0.25) is 0 Å². The summed E-state index contributed by atoms with van der Waals surface area (Å²) < 4.78 is 9.39. The molecule has 0 aliphatic carbocycles. The molecule has 1 fully saturated rings. The quantitative estimate of drug-likeness (QED) is 0.323. The predicted molar refractivity (Wildman–Crippen MR) is 67.4 cm³/mol. The van der Waals surface area contributed by atoms with Crippen LogP contribution in [0.25, 0.3) is 0 Å². The first-order chi connectivity index (χ1) is 9.45. The van der Waals surface area contributed by atoms with Gasteiger partial charge in [-0.3, -0.25) is 0 Å². The average molecular weight is 286 g/mol. The summed E-state index contributed by atoms with van der Waals surface area (Å²) in [5.74, 6) is -2.06. The number of ether oxygens (including phenoxy) is 2. The minimum Gasteiger partial charge on any atom is -0.463 e. The summed E-state index contributed by atoms with van der Waals surface area (Å²) in [7, 11) is 0. The Morgan fingerprint density at radius 2 is 2.10 bits per heavy atom. The van der Waals surface area contributed by atoms with Gasteiger partial charge in [-0.1, -0.05) is 12.2 Å². The number of cyclic esters (lactones) is 1. The van der Waals surface area contributed by atoms with Crippen molar-refractivity contribution in [1.82, 2.24) is 0 Å². The molecule has 0 aromatic carbocycles. The molecule has 0 amide bonds. The number of carbonyl (C=O) groups is 2. The van der Waals surface area contributed by atoms with Crippen molar-refractivity contribution in [2.75, 3.05) is 13.2 Å². The molecular formula is C13H18O7. The zero-order valence-corrected chi connectivity index (χ0v) is 11.0. The second kappa shape index (κ2) is 7.78. The van der Waals surface area contributed by atoms with Crippen LogP contribution in [-0.4, -0.2) is 58.8 Å². The topological polar surface area (TPSA) is 113 Å². The van der Waals surface area contributed by atoms with Crippen LogP contribution in [0.3, 0.4) is 0 Å². The van der Waals surface area contributed by atoms with Crippen molar-refractivity contribution in [3.05, 3.63) is 24.3 Å². The third kappa shape index (κ3) is 4.76. The lowest BCUT2D eigenvalue weighted by molar-refractivity contribution is -0.146. The van der Waals surface area contributed by atoms with Crippen molar-refractivity contribution in [3.63, 3.8) is 0 Å². The van der Waals surface area contributed by atoms with Crippen molar-refractivity contribution in [1.29, 1.82) is 0 Å². The molecule has 1 aliphatic heterocycles. The Kier molecular flexibility index (Phi) is 6.37. The van der Waals surface area contributed by atoms with Crippen LogP contribution >= 0.6 is 0 Å². The van der Waals surface area contributed by atoms with Crippen molar-refractivity contribution in [2.24, 2.45) is 5.92 Å². The van der Waals surface area contributed by atoms with Crippen molar-refractivity contribution in [3.8, 4) is 0 Å². The lowest BCUT2D eigenvalue weighted by Crippen LogP contribution is -2.26. The van der Waals surface area contributed by atoms with Crippen LogP contribution in [0.2, 0.25) is 0 Å². The maximum atomic E-state index is 11.3. The summed E-state index contributed by atoms with van der Waals surface area (Å²) in [6.45, 7) is 1.52. The standard InChI is InChI=1S/C13H18O7/c1-2-3-9(14)10(15)4-5-11(16)19-6-8-7-20-13(18)12(8)17/h2-5,8-10,12,14-15,17H,6-7H2,1H3/b3-2+,5-4+/t8-,9+,10+,12+/m1/s1. The Bertz CT molecular complexity index is 402. The van der Waals surface area contributed by atoms with E-state index < -0.39 is 36.2 Å². The molecule has 4 atom stereocenters. The molecule has 112 valence electrons. The van der Waals surface area contributed by atoms with Gasteiger partial charge in [0.05, 0.1) is 5.92 Å². The maximum Gasteiger partial charge on any atom is 0.335 e. The molecule has 7 nitrogen and oxygen atoms in total. The third-order valence-electron chi connectivity index (χ3n) is 2.74. The molecule has 0 saturated carbocycles. The summed E-state index contributed by atoms with van der Waals surface area (Å²) >= 11 is 0. The molecule has 0 aromatic rings. The van der Waals surface area contributed by atoms with E-state index in [0.29, 0.717) is 0 Å². The highest BCUT2D eigenvalue weighted by atomic mass is 16.6. The van der Waals surface area contributed by atoms with Crippen molar-refractivity contribution < 1.29 is 34.4 Å². The zero-order chi connectivity index (χ0) is 15.1. The molecule has 1 aliphatic rings. The molecule has 0 spiro atoms. The average Bonchev–Trinajstić information content (AvgIpc) is 2.74. The lowest BCUT2D eigenvalue weighted by atomic mass is 10.1. The van der Waals surface area contributed by atoms with Crippen LogP contribution in [0.4, 0.5) is 0 Å². The first-order valence-corrected chi connectivity index (χ1v) is 6.14. The van der Waals surface area contributed by atoms with E-state index in [-0.39, 0.29) is 13.2 Å². The SMILES string of the molecule is C/C=C/[C@H](O)[C@@H](O)/C=C/C(=O)OC[C@@H]1COC(=O)[C@H]1O. The number of carbonyl (C=O) groups excluding carboxylic acids is 2. The highest BCUT2D eigenvalue weighted by molar-refractivity contribution is 5.82. The van der Waals surface area contributed by atoms with E-state index in [4.69, 9.17) is 4.74 Å². The third-order valence-corrected chi connectivity index (χ3v) is 2.74. The molecule has 0 radical (unpaired) electrons. The van der Waals surface area contributed by atoms with Gasteiger partial charge in [-0.15, -0.1) is 0 Å². The smallest absolute Gasteiger partial charge is 0.335 e. The second-order valence-corrected chi connectivity index (χ2v) is 4.33.